The Morgan fingerprint density at radius 1 is 1.10 bits per heavy atom. The van der Waals surface area contributed by atoms with Crippen LogP contribution in [0.5, 0.6) is 5.75 Å². The lowest BCUT2D eigenvalue weighted by Crippen LogP contribution is -2.32. The minimum absolute atomic E-state index is 0.0790. The summed E-state index contributed by atoms with van der Waals surface area (Å²) >= 11 is 2.40. The number of carbonyl (C=O) groups is 4. The Bertz CT molecular complexity index is 866. The van der Waals surface area contributed by atoms with Gasteiger partial charge in [0.25, 0.3) is 0 Å². The van der Waals surface area contributed by atoms with Crippen molar-refractivity contribution in [3.05, 3.63) is 52.2 Å². The zero-order valence-electron chi connectivity index (χ0n) is 16.6. The SMILES string of the molecule is CCCCOC(=O)c1ccccc1OC(=O)CNC(=O)CCSC(=O)c1cccs1. The number of benzene rings is 1. The number of thioether (sulfide) groups is 1. The Balaban J connectivity index is 1.74. The molecule has 1 aromatic carbocycles. The van der Waals surface area contributed by atoms with E-state index in [1.165, 1.54) is 23.5 Å². The van der Waals surface area contributed by atoms with Crippen molar-refractivity contribution < 1.29 is 28.7 Å². The molecule has 0 fully saturated rings. The fourth-order valence-electron chi connectivity index (χ4n) is 2.23. The van der Waals surface area contributed by atoms with E-state index in [4.69, 9.17) is 9.47 Å². The van der Waals surface area contributed by atoms with Crippen molar-refractivity contribution in [1.82, 2.24) is 5.32 Å². The van der Waals surface area contributed by atoms with E-state index in [1.54, 1.807) is 24.3 Å². The van der Waals surface area contributed by atoms with Gasteiger partial charge in [-0.2, -0.15) is 0 Å². The van der Waals surface area contributed by atoms with Gasteiger partial charge < -0.3 is 14.8 Å². The van der Waals surface area contributed by atoms with Gasteiger partial charge in [0.05, 0.1) is 11.5 Å². The highest BCUT2D eigenvalue weighted by atomic mass is 32.2. The van der Waals surface area contributed by atoms with Crippen LogP contribution in [0.4, 0.5) is 0 Å². The predicted octanol–water partition coefficient (Wildman–Crippen LogP) is 3.69. The first-order valence-electron chi connectivity index (χ1n) is 9.45. The maximum atomic E-state index is 12.1. The van der Waals surface area contributed by atoms with Gasteiger partial charge in [0, 0.05) is 12.2 Å². The first-order valence-corrected chi connectivity index (χ1v) is 11.3. The quantitative estimate of drug-likeness (QED) is 0.317. The zero-order valence-corrected chi connectivity index (χ0v) is 18.2. The van der Waals surface area contributed by atoms with Crippen LogP contribution in [0, 0.1) is 0 Å². The van der Waals surface area contributed by atoms with E-state index < -0.39 is 11.9 Å². The number of para-hydroxylation sites is 1. The molecule has 1 amide bonds. The minimum Gasteiger partial charge on any atom is -0.462 e. The standard InChI is InChI=1S/C21H23NO6S2/c1-2-3-11-27-20(25)15-7-4-5-8-16(15)28-19(24)14-22-18(23)10-13-30-21(26)17-9-6-12-29-17/h4-9,12H,2-3,10-11,13-14H2,1H3,(H,22,23). The molecule has 0 saturated heterocycles. The summed E-state index contributed by atoms with van der Waals surface area (Å²) in [7, 11) is 0. The molecular formula is C21H23NO6S2. The Morgan fingerprint density at radius 3 is 2.63 bits per heavy atom. The number of amides is 1. The van der Waals surface area contributed by atoms with Gasteiger partial charge in [-0.15, -0.1) is 11.3 Å². The summed E-state index contributed by atoms with van der Waals surface area (Å²) in [6.07, 6.45) is 1.73. The van der Waals surface area contributed by atoms with Gasteiger partial charge in [-0.25, -0.2) is 9.59 Å². The summed E-state index contributed by atoms with van der Waals surface area (Å²) in [6, 6.07) is 9.80. The molecule has 0 bridgehead atoms. The summed E-state index contributed by atoms with van der Waals surface area (Å²) in [4.78, 5) is 48.5. The van der Waals surface area contributed by atoms with E-state index in [0.717, 1.165) is 24.6 Å². The highest BCUT2D eigenvalue weighted by Gasteiger charge is 2.17. The monoisotopic (exact) mass is 449 g/mol. The van der Waals surface area contributed by atoms with Crippen molar-refractivity contribution in [2.24, 2.45) is 0 Å². The fourth-order valence-corrected chi connectivity index (χ4v) is 3.79. The summed E-state index contributed by atoms with van der Waals surface area (Å²) in [5.41, 5.74) is 0.150. The molecule has 0 aliphatic heterocycles. The number of esters is 2. The van der Waals surface area contributed by atoms with Crippen molar-refractivity contribution >= 4 is 46.1 Å². The van der Waals surface area contributed by atoms with Crippen molar-refractivity contribution in [3.63, 3.8) is 0 Å². The van der Waals surface area contributed by atoms with Crippen LogP contribution in [-0.4, -0.2) is 41.9 Å². The van der Waals surface area contributed by atoms with Gasteiger partial charge in [-0.05, 0) is 30.0 Å². The largest absolute Gasteiger partial charge is 0.462 e. The Morgan fingerprint density at radius 2 is 1.90 bits per heavy atom. The molecule has 1 aromatic heterocycles. The van der Waals surface area contributed by atoms with Crippen molar-refractivity contribution in [3.8, 4) is 5.75 Å². The third-order valence-electron chi connectivity index (χ3n) is 3.78. The second kappa shape index (κ2) is 12.8. The first kappa shape index (κ1) is 23.6. The number of rotatable bonds is 11. The molecule has 1 N–H and O–H groups in total. The van der Waals surface area contributed by atoms with E-state index in [9.17, 15) is 19.2 Å². The Hall–Kier alpha value is -2.65. The molecule has 0 atom stereocenters. The lowest BCUT2D eigenvalue weighted by molar-refractivity contribution is -0.135. The number of carbonyl (C=O) groups excluding carboxylic acids is 4. The van der Waals surface area contributed by atoms with E-state index in [0.29, 0.717) is 17.2 Å². The van der Waals surface area contributed by atoms with Crippen molar-refractivity contribution in [1.29, 1.82) is 0 Å². The van der Waals surface area contributed by atoms with Crippen LogP contribution in [0.2, 0.25) is 0 Å². The molecule has 2 rings (SSSR count). The van der Waals surface area contributed by atoms with Gasteiger partial charge in [-0.3, -0.25) is 9.59 Å². The zero-order chi connectivity index (χ0) is 21.8. The molecule has 0 spiro atoms. The maximum absolute atomic E-state index is 12.1. The molecule has 7 nitrogen and oxygen atoms in total. The summed E-state index contributed by atoms with van der Waals surface area (Å²) in [5.74, 6) is -1.26. The Kier molecular flexibility index (Phi) is 10.1. The normalized spacial score (nSPS) is 10.3. The summed E-state index contributed by atoms with van der Waals surface area (Å²) < 4.78 is 10.4. The van der Waals surface area contributed by atoms with Gasteiger partial charge in [0.15, 0.2) is 0 Å². The topological polar surface area (TPSA) is 98.8 Å². The Labute approximate surface area is 183 Å². The smallest absolute Gasteiger partial charge is 0.341 e. The van der Waals surface area contributed by atoms with Gasteiger partial charge in [-0.1, -0.05) is 43.3 Å². The molecule has 30 heavy (non-hydrogen) atoms. The lowest BCUT2D eigenvalue weighted by Gasteiger charge is -2.10. The molecule has 0 saturated carbocycles. The van der Waals surface area contributed by atoms with Crippen LogP contribution < -0.4 is 10.1 Å². The fraction of sp³-hybridized carbons (Fsp3) is 0.333. The number of hydrogen-bond acceptors (Lipinski definition) is 8. The average Bonchev–Trinajstić information content (AvgIpc) is 3.28. The number of unbranched alkanes of at least 4 members (excludes halogenated alkanes) is 1. The predicted molar refractivity (Wildman–Crippen MR) is 116 cm³/mol. The van der Waals surface area contributed by atoms with Crippen LogP contribution in [0.15, 0.2) is 41.8 Å². The summed E-state index contributed by atoms with van der Waals surface area (Å²) in [6.45, 7) is 1.93. The second-order valence-corrected chi connectivity index (χ2v) is 8.12. The molecule has 1 heterocycles. The average molecular weight is 450 g/mol. The molecule has 0 radical (unpaired) electrons. The van der Waals surface area contributed by atoms with Crippen LogP contribution in [-0.2, 0) is 14.3 Å². The maximum Gasteiger partial charge on any atom is 0.341 e. The molecule has 160 valence electrons. The third kappa shape index (κ3) is 8.00. The minimum atomic E-state index is -0.709. The van der Waals surface area contributed by atoms with Crippen LogP contribution >= 0.6 is 23.1 Å². The van der Waals surface area contributed by atoms with Crippen LogP contribution in [0.25, 0.3) is 0 Å². The van der Waals surface area contributed by atoms with E-state index in [2.05, 4.69) is 5.32 Å². The second-order valence-electron chi connectivity index (χ2n) is 6.10. The molecular weight excluding hydrogens is 426 g/mol. The number of nitrogens with one attached hydrogen (secondary N) is 1. The number of hydrogen-bond donors (Lipinski definition) is 1. The molecule has 0 aliphatic rings. The number of thiophene rings is 1. The van der Waals surface area contributed by atoms with Crippen LogP contribution in [0.3, 0.4) is 0 Å². The number of ether oxygens (including phenoxy) is 2. The third-order valence-corrected chi connectivity index (χ3v) is 5.66. The summed E-state index contributed by atoms with van der Waals surface area (Å²) in [5, 5.41) is 4.18. The highest BCUT2D eigenvalue weighted by Crippen LogP contribution is 2.20. The molecule has 0 aliphatic carbocycles. The molecule has 2 aromatic rings. The van der Waals surface area contributed by atoms with Gasteiger partial charge >= 0.3 is 11.9 Å². The first-order chi connectivity index (χ1) is 14.5. The van der Waals surface area contributed by atoms with Gasteiger partial charge in [0.1, 0.15) is 17.9 Å². The highest BCUT2D eigenvalue weighted by molar-refractivity contribution is 8.14. The van der Waals surface area contributed by atoms with Crippen molar-refractivity contribution in [2.45, 2.75) is 26.2 Å². The molecule has 0 unspecified atom stereocenters. The van der Waals surface area contributed by atoms with Crippen LogP contribution in [0.1, 0.15) is 46.2 Å². The lowest BCUT2D eigenvalue weighted by atomic mass is 10.2. The van der Waals surface area contributed by atoms with E-state index in [-0.39, 0.29) is 35.3 Å². The van der Waals surface area contributed by atoms with E-state index >= 15 is 0 Å². The van der Waals surface area contributed by atoms with Gasteiger partial charge in [0.2, 0.25) is 11.0 Å². The van der Waals surface area contributed by atoms with Crippen molar-refractivity contribution in [2.75, 3.05) is 18.9 Å². The molecule has 9 heteroatoms. The van der Waals surface area contributed by atoms with E-state index in [1.807, 2.05) is 12.3 Å².